The molecule has 4 heterocycles. The zero-order valence-electron chi connectivity index (χ0n) is 13.7. The van der Waals surface area contributed by atoms with Gasteiger partial charge in [0.1, 0.15) is 5.69 Å². The first-order valence-corrected chi connectivity index (χ1v) is 10.2. The minimum absolute atomic E-state index is 0.0534. The lowest BCUT2D eigenvalue weighted by Gasteiger charge is -2.38. The van der Waals surface area contributed by atoms with Crippen molar-refractivity contribution < 1.29 is 21.6 Å². The van der Waals surface area contributed by atoms with E-state index in [1.54, 1.807) is 0 Å². The van der Waals surface area contributed by atoms with Crippen molar-refractivity contribution in [1.82, 2.24) is 9.88 Å². The number of nitrogens with zero attached hydrogens (tertiary/aromatic N) is 3. The molecule has 25 heavy (non-hydrogen) atoms. The van der Waals surface area contributed by atoms with Crippen molar-refractivity contribution >= 4 is 15.5 Å². The second-order valence-corrected chi connectivity index (χ2v) is 9.61. The van der Waals surface area contributed by atoms with Crippen molar-refractivity contribution in [3.05, 3.63) is 24.0 Å². The second-order valence-electron chi connectivity index (χ2n) is 7.54. The molecule has 3 aliphatic heterocycles. The fourth-order valence-electron chi connectivity index (χ4n) is 4.42. The molecule has 1 aromatic heterocycles. The molecule has 0 saturated carbocycles. The Labute approximate surface area is 144 Å². The largest absolute Gasteiger partial charge is 0.433 e. The maximum atomic E-state index is 12.6. The molecular weight excluding hydrogens is 355 g/mol. The van der Waals surface area contributed by atoms with E-state index in [-0.39, 0.29) is 5.41 Å². The first-order valence-electron chi connectivity index (χ1n) is 8.39. The van der Waals surface area contributed by atoms with Gasteiger partial charge >= 0.3 is 6.18 Å². The van der Waals surface area contributed by atoms with Gasteiger partial charge in [-0.25, -0.2) is 13.4 Å². The highest BCUT2D eigenvalue weighted by atomic mass is 32.2. The van der Waals surface area contributed by atoms with Gasteiger partial charge in [-0.3, -0.25) is 4.90 Å². The summed E-state index contributed by atoms with van der Waals surface area (Å²) in [7, 11) is -2.83. The average molecular weight is 375 g/mol. The summed E-state index contributed by atoms with van der Waals surface area (Å²) in [6, 6.07) is 2.82. The molecule has 5 nitrogen and oxygen atoms in total. The Kier molecular flexibility index (Phi) is 3.81. The van der Waals surface area contributed by atoms with E-state index in [1.165, 1.54) is 12.3 Å². The number of sulfone groups is 1. The summed E-state index contributed by atoms with van der Waals surface area (Å²) in [5, 5.41) is 0. The summed E-state index contributed by atoms with van der Waals surface area (Å²) in [5.41, 5.74) is -0.224. The van der Waals surface area contributed by atoms with Crippen LogP contribution in [0.3, 0.4) is 0 Å². The number of rotatable bonds is 2. The van der Waals surface area contributed by atoms with Crippen LogP contribution in [0.25, 0.3) is 0 Å². The van der Waals surface area contributed by atoms with Crippen LogP contribution in [0.15, 0.2) is 18.3 Å². The number of aromatic nitrogens is 1. The van der Waals surface area contributed by atoms with Gasteiger partial charge in [-0.05, 0) is 31.5 Å². The normalized spacial score (nSPS) is 28.4. The summed E-state index contributed by atoms with van der Waals surface area (Å²) in [6.45, 7) is 3.24. The molecule has 1 spiro atoms. The van der Waals surface area contributed by atoms with Gasteiger partial charge in [0.15, 0.2) is 9.84 Å². The van der Waals surface area contributed by atoms with Crippen LogP contribution in [-0.2, 0) is 16.0 Å². The monoisotopic (exact) mass is 375 g/mol. The number of likely N-dealkylation sites (tertiary alicyclic amines) is 1. The topological polar surface area (TPSA) is 53.5 Å². The molecule has 1 atom stereocenters. The van der Waals surface area contributed by atoms with Crippen LogP contribution in [0.1, 0.15) is 18.5 Å². The minimum Gasteiger partial charge on any atom is -0.369 e. The van der Waals surface area contributed by atoms with Crippen molar-refractivity contribution in [2.75, 3.05) is 42.6 Å². The number of hydrogen-bond donors (Lipinski definition) is 0. The van der Waals surface area contributed by atoms with Crippen LogP contribution in [0.5, 0.6) is 0 Å². The molecule has 0 aromatic carbocycles. The Morgan fingerprint density at radius 3 is 2.56 bits per heavy atom. The van der Waals surface area contributed by atoms with E-state index < -0.39 is 21.7 Å². The number of alkyl halides is 3. The highest BCUT2D eigenvalue weighted by Gasteiger charge is 2.53. The van der Waals surface area contributed by atoms with Gasteiger partial charge < -0.3 is 4.90 Å². The van der Waals surface area contributed by atoms with Crippen LogP contribution in [-0.4, -0.2) is 62.0 Å². The van der Waals surface area contributed by atoms with Gasteiger partial charge in [0, 0.05) is 31.1 Å². The number of halogens is 3. The zero-order valence-corrected chi connectivity index (χ0v) is 14.5. The fraction of sp³-hybridized carbons (Fsp3) is 0.688. The summed E-state index contributed by atoms with van der Waals surface area (Å²) < 4.78 is 60.8. The van der Waals surface area contributed by atoms with E-state index in [9.17, 15) is 21.6 Å². The van der Waals surface area contributed by atoms with Crippen LogP contribution in [0, 0.1) is 5.41 Å². The molecule has 138 valence electrons. The molecule has 0 unspecified atom stereocenters. The molecule has 0 radical (unpaired) electrons. The van der Waals surface area contributed by atoms with E-state index in [1.807, 2.05) is 0 Å². The van der Waals surface area contributed by atoms with Crippen molar-refractivity contribution in [3.8, 4) is 0 Å². The second kappa shape index (κ2) is 5.57. The summed E-state index contributed by atoms with van der Waals surface area (Å²) in [4.78, 5) is 7.94. The highest BCUT2D eigenvalue weighted by Crippen LogP contribution is 2.43. The van der Waals surface area contributed by atoms with E-state index in [4.69, 9.17) is 0 Å². The van der Waals surface area contributed by atoms with E-state index in [0.717, 1.165) is 45.1 Å². The van der Waals surface area contributed by atoms with Crippen LogP contribution < -0.4 is 4.90 Å². The standard InChI is InChI=1S/C16H20F3N3O2S/c17-16(18,19)14-2-1-12(7-20-14)21-5-3-13(8-21)22-6-4-15(9-22)10-25(23,24)11-15/h1-2,7,13H,3-6,8-11H2/t13-/m1/s1. The van der Waals surface area contributed by atoms with Crippen molar-refractivity contribution in [1.29, 1.82) is 0 Å². The van der Waals surface area contributed by atoms with Crippen molar-refractivity contribution in [2.45, 2.75) is 25.1 Å². The van der Waals surface area contributed by atoms with Gasteiger partial charge in [-0.1, -0.05) is 0 Å². The Hall–Kier alpha value is -1.35. The first-order chi connectivity index (χ1) is 11.7. The Bertz CT molecular complexity index is 752. The lowest BCUT2D eigenvalue weighted by atomic mass is 9.91. The van der Waals surface area contributed by atoms with Crippen molar-refractivity contribution in [3.63, 3.8) is 0 Å². The maximum absolute atomic E-state index is 12.6. The Balaban J connectivity index is 1.37. The smallest absolute Gasteiger partial charge is 0.369 e. The van der Waals surface area contributed by atoms with Gasteiger partial charge in [0.25, 0.3) is 0 Å². The molecule has 3 aliphatic rings. The molecule has 0 N–H and O–H groups in total. The summed E-state index contributed by atoms with van der Waals surface area (Å²) in [6.07, 6.45) is -1.28. The van der Waals surface area contributed by atoms with Crippen molar-refractivity contribution in [2.24, 2.45) is 5.41 Å². The molecule has 0 amide bonds. The van der Waals surface area contributed by atoms with Crippen LogP contribution in [0.2, 0.25) is 0 Å². The van der Waals surface area contributed by atoms with E-state index in [2.05, 4.69) is 14.8 Å². The lowest BCUT2D eigenvalue weighted by Crippen LogP contribution is -2.51. The third-order valence-electron chi connectivity index (χ3n) is 5.60. The van der Waals surface area contributed by atoms with Gasteiger partial charge in [0.2, 0.25) is 0 Å². The van der Waals surface area contributed by atoms with E-state index in [0.29, 0.717) is 23.2 Å². The maximum Gasteiger partial charge on any atom is 0.433 e. The fourth-order valence-corrected chi connectivity index (χ4v) is 6.68. The summed E-state index contributed by atoms with van der Waals surface area (Å²) in [5.74, 6) is 0.603. The Morgan fingerprint density at radius 2 is 1.96 bits per heavy atom. The summed E-state index contributed by atoms with van der Waals surface area (Å²) >= 11 is 0. The zero-order chi connectivity index (χ0) is 17.9. The van der Waals surface area contributed by atoms with Gasteiger partial charge in [-0.2, -0.15) is 13.2 Å². The number of pyridine rings is 1. The molecule has 9 heteroatoms. The molecule has 4 rings (SSSR count). The third-order valence-corrected chi connectivity index (χ3v) is 7.71. The molecule has 1 aromatic rings. The Morgan fingerprint density at radius 1 is 1.20 bits per heavy atom. The van der Waals surface area contributed by atoms with Gasteiger partial charge in [0.05, 0.1) is 23.4 Å². The third kappa shape index (κ3) is 3.23. The molecule has 0 aliphatic carbocycles. The molecular formula is C16H20F3N3O2S. The first kappa shape index (κ1) is 17.1. The lowest BCUT2D eigenvalue weighted by molar-refractivity contribution is -0.141. The van der Waals surface area contributed by atoms with Crippen LogP contribution in [0.4, 0.5) is 18.9 Å². The average Bonchev–Trinajstić information content (AvgIpc) is 3.12. The molecule has 3 saturated heterocycles. The van der Waals surface area contributed by atoms with E-state index >= 15 is 0 Å². The minimum atomic E-state index is -4.42. The number of hydrogen-bond acceptors (Lipinski definition) is 5. The quantitative estimate of drug-likeness (QED) is 0.789. The van der Waals surface area contributed by atoms with Gasteiger partial charge in [-0.15, -0.1) is 0 Å². The predicted molar refractivity (Wildman–Crippen MR) is 87.1 cm³/mol. The highest BCUT2D eigenvalue weighted by molar-refractivity contribution is 7.92. The van der Waals surface area contributed by atoms with Crippen LogP contribution >= 0.6 is 0 Å². The SMILES string of the molecule is O=S1(=O)CC2(CCN([C@@H]3CCN(c4ccc(C(F)(F)F)nc4)C3)C2)C1. The molecule has 0 bridgehead atoms. The predicted octanol–water partition coefficient (Wildman–Crippen LogP) is 1.80. The molecule has 3 fully saturated rings. The number of anilines is 1.